The van der Waals surface area contributed by atoms with Gasteiger partial charge in [0.25, 0.3) is 0 Å². The van der Waals surface area contributed by atoms with Crippen molar-refractivity contribution in [3.8, 4) is 17.6 Å². The lowest BCUT2D eigenvalue weighted by Crippen LogP contribution is -2.05. The molecule has 3 rings (SSSR count). The third-order valence-corrected chi connectivity index (χ3v) is 5.15. The molecule has 0 radical (unpaired) electrons. The van der Waals surface area contributed by atoms with Crippen LogP contribution in [0.4, 0.5) is 0 Å². The van der Waals surface area contributed by atoms with Crippen LogP contribution < -0.4 is 4.74 Å². The maximum atomic E-state index is 11.4. The largest absolute Gasteiger partial charge is 0.489 e. The Morgan fingerprint density at radius 1 is 1.13 bits per heavy atom. The first-order valence-electron chi connectivity index (χ1n) is 10.2. The summed E-state index contributed by atoms with van der Waals surface area (Å²) >= 11 is 0. The molecule has 1 unspecified atom stereocenters. The van der Waals surface area contributed by atoms with Crippen molar-refractivity contribution in [3.05, 3.63) is 76.9 Å². The van der Waals surface area contributed by atoms with Gasteiger partial charge in [0.05, 0.1) is 12.3 Å². The Labute approximate surface area is 177 Å². The van der Waals surface area contributed by atoms with Crippen LogP contribution in [0.3, 0.4) is 0 Å². The predicted octanol–water partition coefficient (Wildman–Crippen LogP) is 5.07. The van der Waals surface area contributed by atoms with Crippen molar-refractivity contribution >= 4 is 11.8 Å². The van der Waals surface area contributed by atoms with Gasteiger partial charge in [0.1, 0.15) is 18.1 Å². The van der Waals surface area contributed by atoms with Crippen LogP contribution in [0, 0.1) is 11.8 Å². The highest BCUT2D eigenvalue weighted by molar-refractivity contribution is 5.81. The highest BCUT2D eigenvalue weighted by Crippen LogP contribution is 2.23. The van der Waals surface area contributed by atoms with E-state index >= 15 is 0 Å². The van der Waals surface area contributed by atoms with Crippen LogP contribution >= 0.6 is 0 Å². The van der Waals surface area contributed by atoms with Crippen molar-refractivity contribution in [3.63, 3.8) is 0 Å². The number of ketones is 1. The summed E-state index contributed by atoms with van der Waals surface area (Å²) in [7, 11) is 0. The van der Waals surface area contributed by atoms with Crippen molar-refractivity contribution in [1.29, 1.82) is 0 Å². The smallest absolute Gasteiger partial charge is 0.304 e. The van der Waals surface area contributed by atoms with Gasteiger partial charge >= 0.3 is 5.97 Å². The molecule has 0 spiro atoms. The van der Waals surface area contributed by atoms with Crippen molar-refractivity contribution in [1.82, 2.24) is 0 Å². The van der Waals surface area contributed by atoms with E-state index in [1.54, 1.807) is 6.92 Å². The average molecular weight is 402 g/mol. The molecule has 4 heteroatoms. The highest BCUT2D eigenvalue weighted by Gasteiger charge is 2.13. The third kappa shape index (κ3) is 6.35. The fourth-order valence-electron chi connectivity index (χ4n) is 3.58. The molecular weight excluding hydrogens is 376 g/mol. The summed E-state index contributed by atoms with van der Waals surface area (Å²) < 4.78 is 5.92. The Morgan fingerprint density at radius 3 is 2.57 bits per heavy atom. The molecule has 0 amide bonds. The standard InChI is InChI=1S/C26H26O4/c1-2-4-23(17-26(28)29)22-9-13-25(14-10-22)30-18-21-6-3-5-20(16-21)15-19-7-11-24(27)12-8-19/h3,5-7,9-10,13-14,16,23H,8,11-12,15,17-18H2,1H3,(H,28,29). The van der Waals surface area contributed by atoms with Crippen LogP contribution in [-0.2, 0) is 22.6 Å². The minimum atomic E-state index is -0.862. The molecule has 154 valence electrons. The lowest BCUT2D eigenvalue weighted by molar-refractivity contribution is -0.137. The predicted molar refractivity (Wildman–Crippen MR) is 116 cm³/mol. The number of hydrogen-bond donors (Lipinski definition) is 1. The molecule has 0 bridgehead atoms. The number of ether oxygens (including phenoxy) is 1. The van der Waals surface area contributed by atoms with Crippen LogP contribution in [-0.4, -0.2) is 16.9 Å². The number of rotatable bonds is 8. The van der Waals surface area contributed by atoms with Gasteiger partial charge in [-0.05, 0) is 48.6 Å². The molecule has 1 atom stereocenters. The van der Waals surface area contributed by atoms with Crippen LogP contribution in [0.15, 0.2) is 60.2 Å². The lowest BCUT2D eigenvalue weighted by Gasteiger charge is -2.13. The zero-order valence-corrected chi connectivity index (χ0v) is 17.2. The van der Waals surface area contributed by atoms with E-state index in [0.29, 0.717) is 25.2 Å². The number of Topliss-reactive ketones (excluding diaryl/α,β-unsaturated/α-hetero) is 1. The maximum Gasteiger partial charge on any atom is 0.304 e. The molecule has 1 aliphatic carbocycles. The minimum absolute atomic E-state index is 0.0154. The number of carboxylic acids is 1. The number of carbonyl (C=O) groups is 2. The van der Waals surface area contributed by atoms with Gasteiger partial charge in [-0.1, -0.05) is 54.0 Å². The van der Waals surface area contributed by atoms with E-state index in [9.17, 15) is 9.59 Å². The summed E-state index contributed by atoms with van der Waals surface area (Å²) in [5.41, 5.74) is 4.51. The molecule has 0 aromatic heterocycles. The first-order valence-corrected chi connectivity index (χ1v) is 10.2. The third-order valence-electron chi connectivity index (χ3n) is 5.15. The van der Waals surface area contributed by atoms with E-state index in [2.05, 4.69) is 30.0 Å². The van der Waals surface area contributed by atoms with E-state index in [-0.39, 0.29) is 12.3 Å². The molecule has 0 saturated carbocycles. The van der Waals surface area contributed by atoms with E-state index in [1.807, 2.05) is 36.4 Å². The number of allylic oxidation sites excluding steroid dienone is 2. The number of aliphatic carboxylic acids is 1. The summed E-state index contributed by atoms with van der Waals surface area (Å²) in [5.74, 6) is 5.63. The van der Waals surface area contributed by atoms with Crippen molar-refractivity contribution < 1.29 is 19.4 Å². The minimum Gasteiger partial charge on any atom is -0.489 e. The van der Waals surface area contributed by atoms with Gasteiger partial charge in [0.2, 0.25) is 0 Å². The molecular formula is C26H26O4. The Balaban J connectivity index is 1.59. The van der Waals surface area contributed by atoms with Crippen LogP contribution in [0.2, 0.25) is 0 Å². The van der Waals surface area contributed by atoms with Gasteiger partial charge in [0, 0.05) is 12.8 Å². The Kier molecular flexibility index (Phi) is 7.45. The second kappa shape index (κ2) is 10.5. The van der Waals surface area contributed by atoms with E-state index in [1.165, 1.54) is 11.1 Å². The molecule has 2 aromatic carbocycles. The number of carboxylic acid groups (broad SMARTS) is 1. The Bertz CT molecular complexity index is 990. The van der Waals surface area contributed by atoms with E-state index < -0.39 is 5.97 Å². The molecule has 0 fully saturated rings. The van der Waals surface area contributed by atoms with E-state index in [0.717, 1.165) is 29.7 Å². The van der Waals surface area contributed by atoms with Crippen molar-refractivity contribution in [2.75, 3.05) is 0 Å². The zero-order valence-electron chi connectivity index (χ0n) is 17.2. The van der Waals surface area contributed by atoms with Gasteiger partial charge in [-0.15, -0.1) is 5.92 Å². The molecule has 2 aromatic rings. The van der Waals surface area contributed by atoms with Crippen molar-refractivity contribution in [2.45, 2.75) is 51.6 Å². The lowest BCUT2D eigenvalue weighted by atomic mass is 9.93. The number of benzene rings is 2. The molecule has 30 heavy (non-hydrogen) atoms. The fraction of sp³-hybridized carbons (Fsp3) is 0.308. The first-order chi connectivity index (χ1) is 14.5. The Morgan fingerprint density at radius 2 is 1.90 bits per heavy atom. The summed E-state index contributed by atoms with van der Waals surface area (Å²) in [6.45, 7) is 2.17. The molecule has 1 N–H and O–H groups in total. The fourth-order valence-corrected chi connectivity index (χ4v) is 3.58. The zero-order chi connectivity index (χ0) is 21.3. The van der Waals surface area contributed by atoms with Gasteiger partial charge < -0.3 is 9.84 Å². The van der Waals surface area contributed by atoms with Gasteiger partial charge in [-0.25, -0.2) is 0 Å². The van der Waals surface area contributed by atoms with Crippen LogP contribution in [0.5, 0.6) is 5.75 Å². The van der Waals surface area contributed by atoms with Gasteiger partial charge in [-0.2, -0.15) is 0 Å². The van der Waals surface area contributed by atoms with Crippen molar-refractivity contribution in [2.24, 2.45) is 0 Å². The Hall–Kier alpha value is -3.32. The molecule has 1 aliphatic rings. The molecule has 0 heterocycles. The molecule has 0 saturated heterocycles. The topological polar surface area (TPSA) is 63.6 Å². The maximum absolute atomic E-state index is 11.4. The van der Waals surface area contributed by atoms with E-state index in [4.69, 9.17) is 9.84 Å². The van der Waals surface area contributed by atoms with Crippen LogP contribution in [0.1, 0.15) is 55.2 Å². The summed E-state index contributed by atoms with van der Waals surface area (Å²) in [6, 6.07) is 15.8. The molecule has 0 aliphatic heterocycles. The SMILES string of the molecule is CC#CC(CC(=O)O)c1ccc(OCc2cccc(CC3=CCC(=O)CC3)c2)cc1. The quantitative estimate of drug-likeness (QED) is 0.495. The normalized spacial score (nSPS) is 14.3. The number of carbonyl (C=O) groups excluding carboxylic acids is 1. The number of hydrogen-bond acceptors (Lipinski definition) is 3. The summed E-state index contributed by atoms with van der Waals surface area (Å²) in [6.07, 6.45) is 5.00. The second-order valence-corrected chi connectivity index (χ2v) is 7.50. The summed E-state index contributed by atoms with van der Waals surface area (Å²) in [5, 5.41) is 9.06. The van der Waals surface area contributed by atoms with Gasteiger partial charge in [0.15, 0.2) is 0 Å². The molecule has 4 nitrogen and oxygen atoms in total. The highest BCUT2D eigenvalue weighted by atomic mass is 16.5. The first kappa shape index (κ1) is 21.4. The monoisotopic (exact) mass is 402 g/mol. The second-order valence-electron chi connectivity index (χ2n) is 7.50. The summed E-state index contributed by atoms with van der Waals surface area (Å²) in [4.78, 5) is 22.4. The van der Waals surface area contributed by atoms with Crippen LogP contribution in [0.25, 0.3) is 0 Å². The van der Waals surface area contributed by atoms with Gasteiger partial charge in [-0.3, -0.25) is 9.59 Å². The average Bonchev–Trinajstić information content (AvgIpc) is 2.74.